The van der Waals surface area contributed by atoms with Gasteiger partial charge in [0.25, 0.3) is 5.91 Å². The molecule has 5 nitrogen and oxygen atoms in total. The second-order valence-corrected chi connectivity index (χ2v) is 6.90. The fourth-order valence-electron chi connectivity index (χ4n) is 2.15. The molecule has 0 bridgehead atoms. The summed E-state index contributed by atoms with van der Waals surface area (Å²) in [5.41, 5.74) is 0.947. The number of fused-ring (bicyclic) bond motifs is 1. The lowest BCUT2D eigenvalue weighted by molar-refractivity contribution is -0.140. The first kappa shape index (κ1) is 16.8. The predicted molar refractivity (Wildman–Crippen MR) is 94.2 cm³/mol. The molecule has 122 valence electrons. The Morgan fingerprint density at radius 1 is 1.46 bits per heavy atom. The number of nitrogens with zero attached hydrogens (tertiary/aromatic N) is 2. The molecule has 1 amide bonds. The first-order valence-electron chi connectivity index (χ1n) is 6.58. The van der Waals surface area contributed by atoms with Crippen LogP contribution in [0.1, 0.15) is 5.56 Å². The van der Waals surface area contributed by atoms with Crippen LogP contribution in [-0.2, 0) is 9.59 Å². The van der Waals surface area contributed by atoms with Crippen LogP contribution in [0.2, 0.25) is 5.15 Å². The van der Waals surface area contributed by atoms with E-state index < -0.39 is 24.2 Å². The number of aromatic nitrogens is 1. The van der Waals surface area contributed by atoms with Crippen molar-refractivity contribution in [2.45, 2.75) is 0 Å². The van der Waals surface area contributed by atoms with Gasteiger partial charge in [0.1, 0.15) is 21.8 Å². The van der Waals surface area contributed by atoms with Gasteiger partial charge in [0, 0.05) is 10.9 Å². The van der Waals surface area contributed by atoms with Gasteiger partial charge in [0.15, 0.2) is 0 Å². The van der Waals surface area contributed by atoms with Crippen molar-refractivity contribution in [3.63, 3.8) is 0 Å². The molecule has 9 heteroatoms. The first-order valence-corrected chi connectivity index (χ1v) is 8.18. The summed E-state index contributed by atoms with van der Waals surface area (Å²) in [4.78, 5) is 28.4. The number of thioether (sulfide) groups is 1. The van der Waals surface area contributed by atoms with Crippen molar-refractivity contribution in [2.24, 2.45) is 0 Å². The van der Waals surface area contributed by atoms with Crippen molar-refractivity contribution >= 4 is 68.8 Å². The van der Waals surface area contributed by atoms with Crippen LogP contribution >= 0.6 is 35.6 Å². The van der Waals surface area contributed by atoms with Crippen molar-refractivity contribution in [1.29, 1.82) is 0 Å². The molecular weight excluding hydrogens is 375 g/mol. The average molecular weight is 383 g/mol. The number of aliphatic carboxylic acids is 1. The van der Waals surface area contributed by atoms with Gasteiger partial charge in [-0.25, -0.2) is 9.37 Å². The zero-order valence-corrected chi connectivity index (χ0v) is 14.2. The van der Waals surface area contributed by atoms with Gasteiger partial charge in [-0.1, -0.05) is 35.6 Å². The van der Waals surface area contributed by atoms with Crippen molar-refractivity contribution in [1.82, 2.24) is 9.88 Å². The van der Waals surface area contributed by atoms with E-state index in [1.807, 2.05) is 0 Å². The standard InChI is InChI=1S/C15H8ClFN2O3S2/c16-13-8(3-7-4-9(17)1-2-10(7)18-13)5-11-14(22)19(6-12(20)21)15(23)24-11/h1-5H,6H2,(H,20,21)/b11-5-. The number of halogens is 2. The molecule has 2 aromatic rings. The number of rotatable bonds is 3. The highest BCUT2D eigenvalue weighted by Crippen LogP contribution is 2.34. The zero-order chi connectivity index (χ0) is 17.4. The Kier molecular flexibility index (Phi) is 4.53. The third-order valence-electron chi connectivity index (χ3n) is 3.21. The number of thiocarbonyl (C=S) groups is 1. The van der Waals surface area contributed by atoms with Crippen LogP contribution in [0.5, 0.6) is 0 Å². The number of amides is 1. The van der Waals surface area contributed by atoms with Crippen LogP contribution in [0.15, 0.2) is 29.2 Å². The summed E-state index contributed by atoms with van der Waals surface area (Å²) < 4.78 is 13.5. The number of hydrogen-bond donors (Lipinski definition) is 1. The first-order chi connectivity index (χ1) is 11.3. The summed E-state index contributed by atoms with van der Waals surface area (Å²) >= 11 is 12.1. The summed E-state index contributed by atoms with van der Waals surface area (Å²) in [7, 11) is 0. The van der Waals surface area contributed by atoms with Crippen molar-refractivity contribution in [3.8, 4) is 0 Å². The SMILES string of the molecule is O=C(O)CN1C(=O)/C(=C/c2cc3cc(F)ccc3nc2Cl)SC1=S. The van der Waals surface area contributed by atoms with Gasteiger partial charge in [-0.2, -0.15) is 0 Å². The van der Waals surface area contributed by atoms with E-state index in [4.69, 9.17) is 28.9 Å². The summed E-state index contributed by atoms with van der Waals surface area (Å²) in [6.45, 7) is -0.503. The molecule has 0 aliphatic carbocycles. The molecule has 1 aliphatic heterocycles. The van der Waals surface area contributed by atoms with E-state index in [-0.39, 0.29) is 14.4 Å². The van der Waals surface area contributed by atoms with Crippen molar-refractivity contribution in [2.75, 3.05) is 6.54 Å². The van der Waals surface area contributed by atoms with Gasteiger partial charge >= 0.3 is 5.97 Å². The van der Waals surface area contributed by atoms with Gasteiger partial charge in [0.2, 0.25) is 0 Å². The van der Waals surface area contributed by atoms with Crippen molar-refractivity contribution in [3.05, 3.63) is 45.7 Å². The van der Waals surface area contributed by atoms with Gasteiger partial charge in [0.05, 0.1) is 10.4 Å². The molecule has 1 aliphatic rings. The quantitative estimate of drug-likeness (QED) is 0.499. The van der Waals surface area contributed by atoms with Crippen LogP contribution in [0, 0.1) is 5.82 Å². The molecule has 1 saturated heterocycles. The smallest absolute Gasteiger partial charge is 0.323 e. The minimum Gasteiger partial charge on any atom is -0.480 e. The van der Waals surface area contributed by atoms with Gasteiger partial charge in [-0.15, -0.1) is 0 Å². The number of benzene rings is 1. The Labute approximate surface area is 150 Å². The van der Waals surface area contributed by atoms with Crippen LogP contribution in [-0.4, -0.2) is 37.7 Å². The highest BCUT2D eigenvalue weighted by atomic mass is 35.5. The lowest BCUT2D eigenvalue weighted by atomic mass is 10.1. The Bertz CT molecular complexity index is 932. The molecular formula is C15H8ClFN2O3S2. The van der Waals surface area contributed by atoms with E-state index >= 15 is 0 Å². The number of carbonyl (C=O) groups excluding carboxylic acids is 1. The maximum atomic E-state index is 13.3. The third kappa shape index (κ3) is 3.26. The molecule has 1 aromatic carbocycles. The molecule has 24 heavy (non-hydrogen) atoms. The highest BCUT2D eigenvalue weighted by molar-refractivity contribution is 8.26. The van der Waals surface area contributed by atoms with Gasteiger partial charge in [-0.05, 0) is 30.3 Å². The number of carboxylic acid groups (broad SMARTS) is 1. The van der Waals surface area contributed by atoms with E-state index in [1.54, 1.807) is 6.07 Å². The Hall–Kier alpha value is -2.03. The molecule has 0 atom stereocenters. The van der Waals surface area contributed by atoms with Crippen LogP contribution in [0.4, 0.5) is 4.39 Å². The van der Waals surface area contributed by atoms with E-state index in [0.717, 1.165) is 16.7 Å². The maximum absolute atomic E-state index is 13.3. The van der Waals surface area contributed by atoms with E-state index in [9.17, 15) is 14.0 Å². The lowest BCUT2D eigenvalue weighted by Crippen LogP contribution is -2.33. The molecule has 3 rings (SSSR count). The Morgan fingerprint density at radius 2 is 2.21 bits per heavy atom. The molecule has 1 N–H and O–H groups in total. The topological polar surface area (TPSA) is 70.5 Å². The number of carbonyl (C=O) groups is 2. The molecule has 0 spiro atoms. The number of hydrogen-bond acceptors (Lipinski definition) is 5. The van der Waals surface area contributed by atoms with Crippen molar-refractivity contribution < 1.29 is 19.1 Å². The van der Waals surface area contributed by atoms with Crippen LogP contribution in [0.3, 0.4) is 0 Å². The molecule has 1 fully saturated rings. The minimum atomic E-state index is -1.16. The van der Waals surface area contributed by atoms with E-state index in [1.165, 1.54) is 24.3 Å². The minimum absolute atomic E-state index is 0.151. The van der Waals surface area contributed by atoms with Gasteiger partial charge in [-0.3, -0.25) is 14.5 Å². The van der Waals surface area contributed by atoms with E-state index in [0.29, 0.717) is 16.5 Å². The van der Waals surface area contributed by atoms with E-state index in [2.05, 4.69) is 4.98 Å². The molecule has 2 heterocycles. The lowest BCUT2D eigenvalue weighted by Gasteiger charge is -2.10. The summed E-state index contributed by atoms with van der Waals surface area (Å²) in [5.74, 6) is -2.08. The zero-order valence-electron chi connectivity index (χ0n) is 11.8. The molecule has 0 saturated carbocycles. The second kappa shape index (κ2) is 6.46. The summed E-state index contributed by atoms with van der Waals surface area (Å²) in [5, 5.41) is 9.51. The Morgan fingerprint density at radius 3 is 2.92 bits per heavy atom. The normalized spacial score (nSPS) is 16.4. The number of carboxylic acids is 1. The van der Waals surface area contributed by atoms with Crippen LogP contribution in [0.25, 0.3) is 17.0 Å². The second-order valence-electron chi connectivity index (χ2n) is 4.87. The average Bonchev–Trinajstić information content (AvgIpc) is 2.76. The molecule has 0 unspecified atom stereocenters. The highest BCUT2D eigenvalue weighted by Gasteiger charge is 2.33. The number of pyridine rings is 1. The third-order valence-corrected chi connectivity index (χ3v) is 4.89. The fourth-order valence-corrected chi connectivity index (χ4v) is 3.60. The van der Waals surface area contributed by atoms with Crippen LogP contribution < -0.4 is 0 Å². The molecule has 1 aromatic heterocycles. The van der Waals surface area contributed by atoms with Gasteiger partial charge < -0.3 is 5.11 Å². The fraction of sp³-hybridized carbons (Fsp3) is 0.0667. The predicted octanol–water partition coefficient (Wildman–Crippen LogP) is 3.31. The summed E-state index contributed by atoms with van der Waals surface area (Å²) in [6.07, 6.45) is 1.47. The maximum Gasteiger partial charge on any atom is 0.323 e. The Balaban J connectivity index is 2.00. The molecule has 0 radical (unpaired) electrons. The monoisotopic (exact) mass is 382 g/mol. The summed E-state index contributed by atoms with van der Waals surface area (Å²) in [6, 6.07) is 5.71. The largest absolute Gasteiger partial charge is 0.480 e.